The van der Waals surface area contributed by atoms with Gasteiger partial charge in [0, 0.05) is 5.02 Å². The van der Waals surface area contributed by atoms with E-state index < -0.39 is 29.8 Å². The van der Waals surface area contributed by atoms with Crippen LogP contribution < -0.4 is 15.0 Å². The highest BCUT2D eigenvalue weighted by Gasteiger charge is 2.55. The predicted octanol–water partition coefficient (Wildman–Crippen LogP) is 2.67. The molecule has 0 unspecified atom stereocenters. The van der Waals surface area contributed by atoms with Gasteiger partial charge < -0.3 is 10.1 Å². The summed E-state index contributed by atoms with van der Waals surface area (Å²) in [7, 11) is 0. The number of imide groups is 1. The van der Waals surface area contributed by atoms with Crippen molar-refractivity contribution in [1.29, 1.82) is 0 Å². The maximum absolute atomic E-state index is 12.9. The van der Waals surface area contributed by atoms with Gasteiger partial charge in [-0.15, -0.1) is 0 Å². The highest BCUT2D eigenvalue weighted by Crippen LogP contribution is 2.33. The minimum Gasteiger partial charge on any atom is -0.492 e. The van der Waals surface area contributed by atoms with Crippen molar-refractivity contribution in [2.45, 2.75) is 19.0 Å². The standard InChI is InChI=1S/C20H18ClN5O4/c1-2-30-15-9-4-3-8-14(15)22-16(27)11-25-18-17(23-24-25)19(28)26(20(18)29)13-7-5-6-12(21)10-13/h3-10,17-18H,2,11H2,1H3,(H,22,27)/t17-,18-/m0/s1. The molecule has 10 heteroatoms. The summed E-state index contributed by atoms with van der Waals surface area (Å²) < 4.78 is 5.49. The summed E-state index contributed by atoms with van der Waals surface area (Å²) in [5, 5.41) is 12.2. The van der Waals surface area contributed by atoms with E-state index in [0.717, 1.165) is 4.90 Å². The SMILES string of the molecule is CCOc1ccccc1NC(=O)CN1N=N[C@@H]2C(=O)N(c3cccc(Cl)c3)C(=O)[C@H]21. The number of ether oxygens (including phenoxy) is 1. The van der Waals surface area contributed by atoms with Crippen molar-refractivity contribution >= 4 is 40.7 Å². The zero-order chi connectivity index (χ0) is 21.3. The third-order valence-corrected chi connectivity index (χ3v) is 4.93. The van der Waals surface area contributed by atoms with Gasteiger partial charge in [-0.25, -0.2) is 4.90 Å². The molecule has 0 saturated carbocycles. The molecule has 154 valence electrons. The molecule has 2 aromatic rings. The molecule has 2 heterocycles. The number of fused-ring (bicyclic) bond motifs is 1. The number of carbonyl (C=O) groups excluding carboxylic acids is 3. The van der Waals surface area contributed by atoms with Gasteiger partial charge in [0.15, 0.2) is 12.1 Å². The van der Waals surface area contributed by atoms with Crippen molar-refractivity contribution in [2.24, 2.45) is 10.3 Å². The average molecular weight is 428 g/mol. The summed E-state index contributed by atoms with van der Waals surface area (Å²) in [6, 6.07) is 11.5. The fourth-order valence-corrected chi connectivity index (χ4v) is 3.60. The number of benzene rings is 2. The highest BCUT2D eigenvalue weighted by molar-refractivity contribution is 6.31. The number of amides is 3. The highest BCUT2D eigenvalue weighted by atomic mass is 35.5. The monoisotopic (exact) mass is 427 g/mol. The normalized spacial score (nSPS) is 19.9. The molecule has 0 bridgehead atoms. The predicted molar refractivity (Wildman–Crippen MR) is 109 cm³/mol. The molecule has 4 rings (SSSR count). The van der Waals surface area contributed by atoms with E-state index in [2.05, 4.69) is 15.7 Å². The first-order valence-electron chi connectivity index (χ1n) is 9.32. The van der Waals surface area contributed by atoms with Gasteiger partial charge in [-0.2, -0.15) is 5.11 Å². The summed E-state index contributed by atoms with van der Waals surface area (Å²) in [4.78, 5) is 39.3. The van der Waals surface area contributed by atoms with Crippen molar-refractivity contribution in [2.75, 3.05) is 23.4 Å². The Balaban J connectivity index is 1.48. The van der Waals surface area contributed by atoms with Crippen LogP contribution in [0.1, 0.15) is 6.92 Å². The molecule has 0 radical (unpaired) electrons. The topological polar surface area (TPSA) is 104 Å². The lowest BCUT2D eigenvalue weighted by Crippen LogP contribution is -2.43. The summed E-state index contributed by atoms with van der Waals surface area (Å²) in [6.45, 7) is 2.05. The van der Waals surface area contributed by atoms with E-state index in [-0.39, 0.29) is 6.54 Å². The molecule has 0 spiro atoms. The number of rotatable bonds is 6. The molecular formula is C20H18ClN5O4. The quantitative estimate of drug-likeness (QED) is 0.714. The zero-order valence-electron chi connectivity index (χ0n) is 16.0. The number of hydrogen-bond donors (Lipinski definition) is 1. The van der Waals surface area contributed by atoms with Crippen molar-refractivity contribution in [3.63, 3.8) is 0 Å². The van der Waals surface area contributed by atoms with Gasteiger partial charge >= 0.3 is 0 Å². The Morgan fingerprint density at radius 1 is 1.17 bits per heavy atom. The van der Waals surface area contributed by atoms with Crippen molar-refractivity contribution in [1.82, 2.24) is 5.01 Å². The number of nitrogens with zero attached hydrogens (tertiary/aromatic N) is 4. The molecular weight excluding hydrogens is 410 g/mol. The van der Waals surface area contributed by atoms with E-state index >= 15 is 0 Å². The van der Waals surface area contributed by atoms with Crippen LogP contribution >= 0.6 is 11.6 Å². The van der Waals surface area contributed by atoms with Gasteiger partial charge in [0.25, 0.3) is 11.8 Å². The van der Waals surface area contributed by atoms with E-state index in [0.29, 0.717) is 28.8 Å². The molecule has 9 nitrogen and oxygen atoms in total. The molecule has 2 aromatic carbocycles. The van der Waals surface area contributed by atoms with Crippen molar-refractivity contribution in [3.8, 4) is 5.75 Å². The average Bonchev–Trinajstić information content (AvgIpc) is 3.23. The minimum absolute atomic E-state index is 0.243. The summed E-state index contributed by atoms with van der Waals surface area (Å²) in [5.74, 6) is -0.878. The van der Waals surface area contributed by atoms with Crippen LogP contribution in [-0.4, -0.2) is 48.0 Å². The van der Waals surface area contributed by atoms with Gasteiger partial charge in [-0.1, -0.05) is 35.0 Å². The molecule has 1 N–H and O–H groups in total. The largest absolute Gasteiger partial charge is 0.492 e. The van der Waals surface area contributed by atoms with E-state index in [4.69, 9.17) is 16.3 Å². The second-order valence-corrected chi connectivity index (χ2v) is 7.10. The number of hydrogen-bond acceptors (Lipinski definition) is 7. The van der Waals surface area contributed by atoms with Crippen LogP contribution in [0.5, 0.6) is 5.75 Å². The van der Waals surface area contributed by atoms with Crippen LogP contribution in [0, 0.1) is 0 Å². The minimum atomic E-state index is -0.986. The first-order chi connectivity index (χ1) is 14.5. The Hall–Kier alpha value is -3.46. The Bertz CT molecular complexity index is 1040. The lowest BCUT2D eigenvalue weighted by Gasteiger charge is -2.20. The van der Waals surface area contributed by atoms with Gasteiger partial charge in [-0.05, 0) is 37.3 Å². The first kappa shape index (κ1) is 19.8. The Morgan fingerprint density at radius 2 is 1.97 bits per heavy atom. The van der Waals surface area contributed by atoms with Crippen LogP contribution in [0.15, 0.2) is 58.9 Å². The number of carbonyl (C=O) groups is 3. The van der Waals surface area contributed by atoms with Gasteiger partial charge in [0.2, 0.25) is 5.91 Å². The molecule has 0 aromatic heterocycles. The second-order valence-electron chi connectivity index (χ2n) is 6.66. The summed E-state index contributed by atoms with van der Waals surface area (Å²) in [6.07, 6.45) is 0. The fraction of sp³-hybridized carbons (Fsp3) is 0.250. The van der Waals surface area contributed by atoms with Crippen LogP contribution in [-0.2, 0) is 14.4 Å². The molecule has 2 aliphatic heterocycles. The van der Waals surface area contributed by atoms with Gasteiger partial charge in [-0.3, -0.25) is 19.4 Å². The number of para-hydroxylation sites is 2. The van der Waals surface area contributed by atoms with Crippen molar-refractivity contribution in [3.05, 3.63) is 53.6 Å². The van der Waals surface area contributed by atoms with E-state index in [1.165, 1.54) is 11.1 Å². The second kappa shape index (κ2) is 8.11. The molecule has 30 heavy (non-hydrogen) atoms. The Kier molecular flexibility index (Phi) is 5.37. The fourth-order valence-electron chi connectivity index (χ4n) is 3.41. The van der Waals surface area contributed by atoms with E-state index in [1.54, 1.807) is 42.5 Å². The number of halogens is 1. The van der Waals surface area contributed by atoms with Crippen LogP contribution in [0.2, 0.25) is 5.02 Å². The molecule has 1 saturated heterocycles. The maximum atomic E-state index is 12.9. The maximum Gasteiger partial charge on any atom is 0.263 e. The Morgan fingerprint density at radius 3 is 2.73 bits per heavy atom. The van der Waals surface area contributed by atoms with Gasteiger partial charge in [0.05, 0.1) is 18.0 Å². The lowest BCUT2D eigenvalue weighted by atomic mass is 10.1. The zero-order valence-corrected chi connectivity index (χ0v) is 16.7. The summed E-state index contributed by atoms with van der Waals surface area (Å²) in [5.41, 5.74) is 0.864. The molecule has 2 aliphatic rings. The van der Waals surface area contributed by atoms with Crippen LogP contribution in [0.25, 0.3) is 0 Å². The number of anilines is 2. The van der Waals surface area contributed by atoms with Gasteiger partial charge in [0.1, 0.15) is 12.3 Å². The molecule has 0 aliphatic carbocycles. The van der Waals surface area contributed by atoms with Crippen LogP contribution in [0.3, 0.4) is 0 Å². The van der Waals surface area contributed by atoms with Crippen molar-refractivity contribution < 1.29 is 19.1 Å². The molecule has 2 atom stereocenters. The lowest BCUT2D eigenvalue weighted by molar-refractivity contribution is -0.123. The summed E-state index contributed by atoms with van der Waals surface area (Å²) >= 11 is 5.98. The van der Waals surface area contributed by atoms with E-state index in [9.17, 15) is 14.4 Å². The molecule has 1 fully saturated rings. The number of nitrogens with one attached hydrogen (secondary N) is 1. The molecule has 3 amide bonds. The van der Waals surface area contributed by atoms with E-state index in [1.807, 2.05) is 6.92 Å². The third kappa shape index (κ3) is 3.59. The first-order valence-corrected chi connectivity index (χ1v) is 9.70. The Labute approximate surface area is 177 Å². The smallest absolute Gasteiger partial charge is 0.263 e. The third-order valence-electron chi connectivity index (χ3n) is 4.69. The van der Waals surface area contributed by atoms with Crippen LogP contribution in [0.4, 0.5) is 11.4 Å².